The minimum absolute atomic E-state index is 0.0194. The Labute approximate surface area is 303 Å². The molecule has 1 fully saturated rings. The second-order valence-corrected chi connectivity index (χ2v) is 13.9. The van der Waals surface area contributed by atoms with Crippen molar-refractivity contribution in [3.8, 4) is 5.75 Å². The molecule has 0 unspecified atom stereocenters. The van der Waals surface area contributed by atoms with Crippen molar-refractivity contribution in [2.45, 2.75) is 84.9 Å². The summed E-state index contributed by atoms with van der Waals surface area (Å²) in [6, 6.07) is 10.3. The standard InChI is InChI=1S/C40H41F2N5O6/c1-4-25-18-27(10-8-22(25)2)43-33-19-34(48)45(40(52)44-33)16-6-5-7-24-9-13-29-23(3)46(20-26(29)17-24)32-15-14-30-35(37(32)53-39(41)42)47(28-11-12-28)21-31(36(30)49)38(50)51/h8-10,14-15,17-19,21,28,39,43H,4-7,11-13,16,20H2,1-3H3,(H,44,52)(H,50,51). The van der Waals surface area contributed by atoms with Crippen LogP contribution in [-0.4, -0.2) is 38.4 Å². The van der Waals surface area contributed by atoms with Crippen molar-refractivity contribution in [3.63, 3.8) is 0 Å². The molecule has 11 nitrogen and oxygen atoms in total. The molecular formula is C40H41F2N5O6. The Kier molecular flexibility index (Phi) is 9.67. The van der Waals surface area contributed by atoms with Gasteiger partial charge in [-0.1, -0.05) is 30.7 Å². The van der Waals surface area contributed by atoms with Crippen molar-refractivity contribution in [1.82, 2.24) is 14.1 Å². The van der Waals surface area contributed by atoms with Crippen molar-refractivity contribution in [2.24, 2.45) is 0 Å². The number of fused-ring (bicyclic) bond motifs is 2. The van der Waals surface area contributed by atoms with Crippen LogP contribution in [0.2, 0.25) is 0 Å². The van der Waals surface area contributed by atoms with E-state index in [9.17, 15) is 33.1 Å². The van der Waals surface area contributed by atoms with E-state index in [-0.39, 0.29) is 34.8 Å². The van der Waals surface area contributed by atoms with E-state index in [1.807, 2.05) is 36.9 Å². The first-order valence-electron chi connectivity index (χ1n) is 17.9. The molecule has 0 spiro atoms. The summed E-state index contributed by atoms with van der Waals surface area (Å²) in [5.41, 5.74) is 5.77. The van der Waals surface area contributed by atoms with Crippen molar-refractivity contribution in [3.05, 3.63) is 125 Å². The number of aromatic nitrogens is 3. The number of aromatic carboxylic acids is 1. The number of pyridine rings is 1. The smallest absolute Gasteiger partial charge is 0.387 e. The zero-order valence-electron chi connectivity index (χ0n) is 29.8. The number of hydrogen-bond donors (Lipinski definition) is 3. The van der Waals surface area contributed by atoms with Gasteiger partial charge in [0.15, 0.2) is 5.75 Å². The number of rotatable bonds is 13. The van der Waals surface area contributed by atoms with E-state index in [0.29, 0.717) is 30.9 Å². The van der Waals surface area contributed by atoms with Gasteiger partial charge in [-0.2, -0.15) is 8.78 Å². The molecule has 0 amide bonds. The topological polar surface area (TPSA) is 139 Å². The maximum Gasteiger partial charge on any atom is 0.387 e. The number of aryl methyl sites for hydroxylation is 2. The van der Waals surface area contributed by atoms with Gasteiger partial charge in [0.25, 0.3) is 5.56 Å². The fraction of sp³-hybridized carbons (Fsp3) is 0.350. The maximum absolute atomic E-state index is 14.0. The highest BCUT2D eigenvalue weighted by molar-refractivity contribution is 5.97. The summed E-state index contributed by atoms with van der Waals surface area (Å²) in [6.45, 7) is 3.55. The van der Waals surface area contributed by atoms with Crippen LogP contribution in [-0.2, 0) is 13.0 Å². The molecule has 2 aromatic carbocycles. The van der Waals surface area contributed by atoms with Crippen LogP contribution < -0.4 is 31.6 Å². The number of aromatic amines is 1. The Bertz CT molecular complexity index is 2390. The van der Waals surface area contributed by atoms with Gasteiger partial charge in [-0.05, 0) is 105 Å². The molecule has 4 aromatic rings. The van der Waals surface area contributed by atoms with Gasteiger partial charge in [-0.3, -0.25) is 19.1 Å². The lowest BCUT2D eigenvalue weighted by atomic mass is 9.92. The Morgan fingerprint density at radius 1 is 1.09 bits per heavy atom. The number of ether oxygens (including phenoxy) is 1. The van der Waals surface area contributed by atoms with Crippen LogP contribution in [0, 0.1) is 6.92 Å². The quantitative estimate of drug-likeness (QED) is 0.122. The Balaban J connectivity index is 1.05. The average molecular weight is 726 g/mol. The van der Waals surface area contributed by atoms with Gasteiger partial charge in [-0.15, -0.1) is 0 Å². The van der Waals surface area contributed by atoms with Crippen LogP contribution >= 0.6 is 0 Å². The van der Waals surface area contributed by atoms with Gasteiger partial charge in [-0.25, -0.2) is 9.59 Å². The Morgan fingerprint density at radius 3 is 2.58 bits per heavy atom. The van der Waals surface area contributed by atoms with Crippen LogP contribution in [0.25, 0.3) is 10.9 Å². The summed E-state index contributed by atoms with van der Waals surface area (Å²) in [7, 11) is 0. The minimum atomic E-state index is -3.17. The number of hydrogen-bond acceptors (Lipinski definition) is 7. The zero-order valence-corrected chi connectivity index (χ0v) is 29.8. The SMILES string of the molecule is CCc1cc(Nc2cc(=O)n(CCCCC3=CCC4=C(C)N(c5ccc6c(=O)c(C(=O)O)cn(C7CC7)c6c5OC(F)F)CC4=C3)c(=O)[nH]2)ccc1C. The molecule has 3 aliphatic rings. The molecule has 0 saturated heterocycles. The molecule has 2 aliphatic carbocycles. The summed E-state index contributed by atoms with van der Waals surface area (Å²) in [5, 5.41) is 12.8. The van der Waals surface area contributed by atoms with Crippen LogP contribution in [0.1, 0.15) is 79.9 Å². The Hall–Kier alpha value is -5.72. The lowest BCUT2D eigenvalue weighted by molar-refractivity contribution is -0.0486. The number of anilines is 3. The predicted molar refractivity (Wildman–Crippen MR) is 200 cm³/mol. The molecular weight excluding hydrogens is 684 g/mol. The number of carboxylic acid groups (broad SMARTS) is 1. The van der Waals surface area contributed by atoms with E-state index in [1.165, 1.54) is 34.0 Å². The molecule has 1 saturated carbocycles. The molecule has 53 heavy (non-hydrogen) atoms. The average Bonchev–Trinajstić information content (AvgIpc) is 3.91. The molecule has 0 radical (unpaired) electrons. The molecule has 3 N–H and O–H groups in total. The second kappa shape index (κ2) is 14.4. The van der Waals surface area contributed by atoms with E-state index in [0.717, 1.165) is 60.2 Å². The normalized spacial score (nSPS) is 15.5. The monoisotopic (exact) mass is 725 g/mol. The van der Waals surface area contributed by atoms with E-state index in [1.54, 1.807) is 10.6 Å². The van der Waals surface area contributed by atoms with Crippen LogP contribution in [0.15, 0.2) is 91.5 Å². The molecule has 0 atom stereocenters. The minimum Gasteiger partial charge on any atom is -0.477 e. The van der Waals surface area contributed by atoms with Gasteiger partial charge in [0.05, 0.1) is 16.6 Å². The highest BCUT2D eigenvalue weighted by Gasteiger charge is 2.33. The largest absolute Gasteiger partial charge is 0.477 e. The number of carboxylic acids is 1. The van der Waals surface area contributed by atoms with Gasteiger partial charge in [0.2, 0.25) is 5.43 Å². The van der Waals surface area contributed by atoms with E-state index >= 15 is 0 Å². The number of benzene rings is 2. The molecule has 276 valence electrons. The summed E-state index contributed by atoms with van der Waals surface area (Å²) < 4.78 is 35.9. The number of allylic oxidation sites excluding steroid dienone is 4. The van der Waals surface area contributed by atoms with Crippen molar-refractivity contribution in [1.29, 1.82) is 0 Å². The highest BCUT2D eigenvalue weighted by Crippen LogP contribution is 2.46. The van der Waals surface area contributed by atoms with Gasteiger partial charge >= 0.3 is 18.3 Å². The molecule has 13 heteroatoms. The van der Waals surface area contributed by atoms with Crippen molar-refractivity contribution >= 4 is 34.1 Å². The van der Waals surface area contributed by atoms with Gasteiger partial charge in [0.1, 0.15) is 11.4 Å². The molecule has 0 bridgehead atoms. The van der Waals surface area contributed by atoms with E-state index in [4.69, 9.17) is 4.74 Å². The van der Waals surface area contributed by atoms with E-state index in [2.05, 4.69) is 29.4 Å². The van der Waals surface area contributed by atoms with Crippen LogP contribution in [0.3, 0.4) is 0 Å². The summed E-state index contributed by atoms with van der Waals surface area (Å²) in [6.07, 6.45) is 10.5. The first kappa shape index (κ1) is 35.7. The molecule has 1 aliphatic heterocycles. The van der Waals surface area contributed by atoms with Crippen LogP contribution in [0.5, 0.6) is 5.75 Å². The molecule has 2 aromatic heterocycles. The number of nitrogens with one attached hydrogen (secondary N) is 2. The van der Waals surface area contributed by atoms with Crippen LogP contribution in [0.4, 0.5) is 26.0 Å². The third kappa shape index (κ3) is 7.07. The fourth-order valence-electron chi connectivity index (χ4n) is 7.45. The number of alkyl halides is 2. The van der Waals surface area contributed by atoms with Gasteiger partial charge < -0.3 is 24.6 Å². The van der Waals surface area contributed by atoms with Crippen molar-refractivity contribution < 1.29 is 23.4 Å². The highest BCUT2D eigenvalue weighted by atomic mass is 19.3. The summed E-state index contributed by atoms with van der Waals surface area (Å²) in [4.78, 5) is 55.4. The first-order valence-corrected chi connectivity index (χ1v) is 17.9. The number of halogens is 2. The first-order chi connectivity index (χ1) is 25.4. The van der Waals surface area contributed by atoms with E-state index < -0.39 is 29.3 Å². The zero-order chi connectivity index (χ0) is 37.6. The summed E-state index contributed by atoms with van der Waals surface area (Å²) in [5.74, 6) is -1.19. The predicted octanol–water partition coefficient (Wildman–Crippen LogP) is 7.32. The third-order valence-electron chi connectivity index (χ3n) is 10.4. The van der Waals surface area contributed by atoms with Crippen molar-refractivity contribution in [2.75, 3.05) is 16.8 Å². The third-order valence-corrected chi connectivity index (χ3v) is 10.4. The number of H-pyrrole nitrogens is 1. The lowest BCUT2D eigenvalue weighted by Gasteiger charge is -2.25. The molecule has 7 rings (SSSR count). The lowest BCUT2D eigenvalue weighted by Crippen LogP contribution is -2.35. The Morgan fingerprint density at radius 2 is 1.89 bits per heavy atom. The fourth-order valence-corrected chi connectivity index (χ4v) is 7.45. The second-order valence-electron chi connectivity index (χ2n) is 13.9. The number of nitrogens with zero attached hydrogens (tertiary/aromatic N) is 3. The number of carbonyl (C=O) groups is 1. The van der Waals surface area contributed by atoms with Gasteiger partial charge in [0, 0.05) is 42.8 Å². The number of unbranched alkanes of at least 4 members (excludes halogenated alkanes) is 1. The summed E-state index contributed by atoms with van der Waals surface area (Å²) >= 11 is 0. The maximum atomic E-state index is 14.0. The molecule has 3 heterocycles.